The molecule has 8 heteroatoms. The first-order valence-corrected chi connectivity index (χ1v) is 9.47. The fraction of sp³-hybridized carbons (Fsp3) is 0.263. The van der Waals surface area contributed by atoms with E-state index in [1.807, 2.05) is 13.8 Å². The van der Waals surface area contributed by atoms with Crippen molar-refractivity contribution < 1.29 is 19.2 Å². The predicted molar refractivity (Wildman–Crippen MR) is 103 cm³/mol. The number of benzene rings is 1. The van der Waals surface area contributed by atoms with Gasteiger partial charge in [0.2, 0.25) is 11.8 Å². The third-order valence-electron chi connectivity index (χ3n) is 4.35. The van der Waals surface area contributed by atoms with Crippen LogP contribution >= 0.6 is 11.3 Å². The highest BCUT2D eigenvalue weighted by molar-refractivity contribution is 7.13. The van der Waals surface area contributed by atoms with Crippen LogP contribution in [0, 0.1) is 5.92 Å². The number of rotatable bonds is 7. The van der Waals surface area contributed by atoms with Gasteiger partial charge in [-0.3, -0.25) is 10.1 Å². The minimum absolute atomic E-state index is 0.0940. The Morgan fingerprint density at radius 2 is 2.00 bits per heavy atom. The molecule has 7 nitrogen and oxygen atoms in total. The van der Waals surface area contributed by atoms with Gasteiger partial charge in [0, 0.05) is 23.1 Å². The second-order valence-corrected chi connectivity index (χ2v) is 6.82. The van der Waals surface area contributed by atoms with Crippen molar-refractivity contribution in [2.75, 3.05) is 5.32 Å². The summed E-state index contributed by atoms with van der Waals surface area (Å²) in [5, 5.41) is 18.8. The summed E-state index contributed by atoms with van der Waals surface area (Å²) >= 11 is 1.35. The number of amides is 1. The van der Waals surface area contributed by atoms with Gasteiger partial charge in [-0.1, -0.05) is 37.2 Å². The van der Waals surface area contributed by atoms with Gasteiger partial charge < -0.3 is 9.63 Å². The van der Waals surface area contributed by atoms with Gasteiger partial charge in [-0.05, 0) is 18.9 Å². The van der Waals surface area contributed by atoms with Gasteiger partial charge in [-0.15, -0.1) is 11.3 Å². The minimum atomic E-state index is -1.07. The van der Waals surface area contributed by atoms with Gasteiger partial charge in [-0.2, -0.15) is 0 Å². The standard InChI is InChI=1S/C19H19N3O4S/c1-3-11(4-2)16(23)21-17-14(12-7-5-6-8-13(12)19(24)25)15(22-26-17)18-20-9-10-27-18/h5-11H,3-4H2,1-2H3,(H,21,23)(H,24,25). The summed E-state index contributed by atoms with van der Waals surface area (Å²) in [6.45, 7) is 3.88. The molecule has 2 aromatic heterocycles. The maximum Gasteiger partial charge on any atom is 0.336 e. The van der Waals surface area contributed by atoms with Crippen LogP contribution in [0.3, 0.4) is 0 Å². The highest BCUT2D eigenvalue weighted by Crippen LogP contribution is 2.40. The zero-order valence-corrected chi connectivity index (χ0v) is 15.7. The number of hydrogen-bond acceptors (Lipinski definition) is 6. The first-order chi connectivity index (χ1) is 13.1. The van der Waals surface area contributed by atoms with Gasteiger partial charge in [0.05, 0.1) is 11.1 Å². The predicted octanol–water partition coefficient (Wildman–Crippen LogP) is 4.54. The van der Waals surface area contributed by atoms with Crippen LogP contribution in [0.2, 0.25) is 0 Å². The summed E-state index contributed by atoms with van der Waals surface area (Å²) in [5.74, 6) is -1.29. The Bertz CT molecular complexity index is 946. The summed E-state index contributed by atoms with van der Waals surface area (Å²) in [7, 11) is 0. The number of aromatic nitrogens is 2. The number of nitrogens with zero attached hydrogens (tertiary/aromatic N) is 2. The number of carbonyl (C=O) groups is 2. The molecule has 0 radical (unpaired) electrons. The number of aromatic carboxylic acids is 1. The van der Waals surface area contributed by atoms with E-state index in [0.717, 1.165) is 0 Å². The molecule has 3 aromatic rings. The molecule has 140 valence electrons. The van der Waals surface area contributed by atoms with Crippen LogP contribution in [0.4, 0.5) is 5.88 Å². The molecule has 0 atom stereocenters. The lowest BCUT2D eigenvalue weighted by Crippen LogP contribution is -2.21. The van der Waals surface area contributed by atoms with Crippen molar-refractivity contribution in [3.8, 4) is 21.8 Å². The lowest BCUT2D eigenvalue weighted by atomic mass is 9.98. The molecule has 2 heterocycles. The molecular weight excluding hydrogens is 366 g/mol. The van der Waals surface area contributed by atoms with Crippen LogP contribution in [0.25, 0.3) is 21.8 Å². The van der Waals surface area contributed by atoms with E-state index in [4.69, 9.17) is 4.52 Å². The van der Waals surface area contributed by atoms with Crippen molar-refractivity contribution in [2.45, 2.75) is 26.7 Å². The smallest absolute Gasteiger partial charge is 0.336 e. The zero-order chi connectivity index (χ0) is 19.4. The lowest BCUT2D eigenvalue weighted by Gasteiger charge is -2.12. The van der Waals surface area contributed by atoms with Crippen LogP contribution in [0.15, 0.2) is 40.4 Å². The molecular formula is C19H19N3O4S. The van der Waals surface area contributed by atoms with Crippen molar-refractivity contribution in [1.82, 2.24) is 10.1 Å². The Labute approximate surface area is 160 Å². The van der Waals surface area contributed by atoms with E-state index in [1.54, 1.807) is 29.8 Å². The summed E-state index contributed by atoms with van der Waals surface area (Å²) in [4.78, 5) is 28.5. The van der Waals surface area contributed by atoms with Crippen molar-refractivity contribution in [2.24, 2.45) is 5.92 Å². The molecule has 1 amide bonds. The zero-order valence-electron chi connectivity index (χ0n) is 14.9. The number of hydrogen-bond donors (Lipinski definition) is 2. The van der Waals surface area contributed by atoms with Crippen LogP contribution < -0.4 is 5.32 Å². The third kappa shape index (κ3) is 3.75. The number of carbonyl (C=O) groups excluding carboxylic acids is 1. The molecule has 0 spiro atoms. The van der Waals surface area contributed by atoms with Gasteiger partial charge in [-0.25, -0.2) is 9.78 Å². The Kier molecular flexibility index (Phi) is 5.66. The number of carboxylic acid groups (broad SMARTS) is 1. The molecule has 27 heavy (non-hydrogen) atoms. The molecule has 0 bridgehead atoms. The molecule has 3 rings (SSSR count). The SMILES string of the molecule is CCC(CC)C(=O)Nc1onc(-c2nccs2)c1-c1ccccc1C(=O)O. The summed E-state index contributed by atoms with van der Waals surface area (Å²) in [5.41, 5.74) is 1.33. The maximum atomic E-state index is 12.5. The van der Waals surface area contributed by atoms with Crippen molar-refractivity contribution in [1.29, 1.82) is 0 Å². The van der Waals surface area contributed by atoms with Crippen LogP contribution in [-0.2, 0) is 4.79 Å². The van der Waals surface area contributed by atoms with E-state index in [9.17, 15) is 14.7 Å². The highest BCUT2D eigenvalue weighted by Gasteiger charge is 2.27. The first kappa shape index (κ1) is 18.8. The number of thiazole rings is 1. The van der Waals surface area contributed by atoms with E-state index in [-0.39, 0.29) is 23.3 Å². The third-order valence-corrected chi connectivity index (χ3v) is 5.13. The van der Waals surface area contributed by atoms with E-state index in [1.165, 1.54) is 17.4 Å². The molecule has 1 aromatic carbocycles. The van der Waals surface area contributed by atoms with Crippen LogP contribution in [0.5, 0.6) is 0 Å². The lowest BCUT2D eigenvalue weighted by molar-refractivity contribution is -0.120. The van der Waals surface area contributed by atoms with Gasteiger partial charge in [0.1, 0.15) is 5.01 Å². The number of anilines is 1. The maximum absolute atomic E-state index is 12.5. The van der Waals surface area contributed by atoms with Crippen LogP contribution in [-0.4, -0.2) is 27.1 Å². The van der Waals surface area contributed by atoms with E-state index in [0.29, 0.717) is 34.7 Å². The molecule has 0 aliphatic carbocycles. The second-order valence-electron chi connectivity index (χ2n) is 5.93. The van der Waals surface area contributed by atoms with Gasteiger partial charge in [0.15, 0.2) is 5.69 Å². The quantitative estimate of drug-likeness (QED) is 0.619. The Balaban J connectivity index is 2.14. The van der Waals surface area contributed by atoms with E-state index >= 15 is 0 Å². The largest absolute Gasteiger partial charge is 0.478 e. The average molecular weight is 385 g/mol. The summed E-state index contributed by atoms with van der Waals surface area (Å²) in [6, 6.07) is 6.54. The fourth-order valence-corrected chi connectivity index (χ4v) is 3.50. The minimum Gasteiger partial charge on any atom is -0.478 e. The molecule has 0 aliphatic rings. The van der Waals surface area contributed by atoms with E-state index < -0.39 is 5.97 Å². The van der Waals surface area contributed by atoms with Crippen molar-refractivity contribution in [3.05, 3.63) is 41.4 Å². The Hall–Kier alpha value is -3.00. The molecule has 0 fully saturated rings. The Morgan fingerprint density at radius 3 is 2.63 bits per heavy atom. The summed E-state index contributed by atoms with van der Waals surface area (Å²) < 4.78 is 5.41. The molecule has 0 aliphatic heterocycles. The molecule has 0 saturated heterocycles. The van der Waals surface area contributed by atoms with Gasteiger partial charge >= 0.3 is 5.97 Å². The normalized spacial score (nSPS) is 10.9. The molecule has 2 N–H and O–H groups in total. The molecule has 0 unspecified atom stereocenters. The molecule has 0 saturated carbocycles. The monoisotopic (exact) mass is 385 g/mol. The second kappa shape index (κ2) is 8.13. The number of carboxylic acids is 1. The number of nitrogens with one attached hydrogen (secondary N) is 1. The topological polar surface area (TPSA) is 105 Å². The first-order valence-electron chi connectivity index (χ1n) is 8.59. The van der Waals surface area contributed by atoms with Gasteiger partial charge in [0.25, 0.3) is 0 Å². The highest BCUT2D eigenvalue weighted by atomic mass is 32.1. The van der Waals surface area contributed by atoms with Crippen molar-refractivity contribution >= 4 is 29.1 Å². The van der Waals surface area contributed by atoms with E-state index in [2.05, 4.69) is 15.5 Å². The summed E-state index contributed by atoms with van der Waals surface area (Å²) in [6.07, 6.45) is 3.01. The average Bonchev–Trinajstić information content (AvgIpc) is 3.32. The fourth-order valence-electron chi connectivity index (χ4n) is 2.87. The van der Waals surface area contributed by atoms with Crippen LogP contribution in [0.1, 0.15) is 37.0 Å². The van der Waals surface area contributed by atoms with Crippen molar-refractivity contribution in [3.63, 3.8) is 0 Å². The Morgan fingerprint density at radius 1 is 1.26 bits per heavy atom.